The minimum Gasteiger partial charge on any atom is -0.268 e. The van der Waals surface area contributed by atoms with Crippen LogP contribution >= 0.6 is 0 Å². The van der Waals surface area contributed by atoms with Crippen molar-refractivity contribution in [2.75, 3.05) is 13.1 Å². The van der Waals surface area contributed by atoms with Gasteiger partial charge in [-0.05, 0) is 76.1 Å². The van der Waals surface area contributed by atoms with E-state index in [1.54, 1.807) is 15.9 Å². The molecular formula is C23H29N5O2S. The van der Waals surface area contributed by atoms with E-state index in [0.29, 0.717) is 36.1 Å². The number of rotatable bonds is 5. The standard InChI is InChI=1S/C23H29N5O2S/c1-4-28-16(3)22(15(2)26-28)31(29,30)27-11-9-18(10-12-27)21-8-7-19-13-20(17-5-6-17)14-24-23(19)25-21/h7-8,13-14,17-18H,4-6,9-12H2,1-3H3. The maximum Gasteiger partial charge on any atom is 0.246 e. The third-order valence-electron chi connectivity index (χ3n) is 6.72. The molecule has 3 aromatic heterocycles. The predicted octanol–water partition coefficient (Wildman–Crippen LogP) is 3.91. The Kier molecular flexibility index (Phi) is 5.09. The van der Waals surface area contributed by atoms with Gasteiger partial charge >= 0.3 is 0 Å². The van der Waals surface area contributed by atoms with Gasteiger partial charge in [-0.1, -0.05) is 0 Å². The molecule has 0 spiro atoms. The van der Waals surface area contributed by atoms with Gasteiger partial charge in [0, 0.05) is 42.8 Å². The number of fused-ring (bicyclic) bond motifs is 1. The molecule has 2 aliphatic rings. The van der Waals surface area contributed by atoms with Crippen LogP contribution in [0.1, 0.15) is 67.1 Å². The highest BCUT2D eigenvalue weighted by molar-refractivity contribution is 7.89. The monoisotopic (exact) mass is 439 g/mol. The summed E-state index contributed by atoms with van der Waals surface area (Å²) < 4.78 is 30.0. The largest absolute Gasteiger partial charge is 0.268 e. The third-order valence-corrected chi connectivity index (χ3v) is 8.87. The summed E-state index contributed by atoms with van der Waals surface area (Å²) in [5.74, 6) is 0.931. The molecule has 0 amide bonds. The van der Waals surface area contributed by atoms with Crippen molar-refractivity contribution in [2.45, 2.75) is 69.7 Å². The van der Waals surface area contributed by atoms with Crippen LogP contribution in [0.25, 0.3) is 11.0 Å². The molecule has 0 aromatic carbocycles. The molecule has 0 bridgehead atoms. The van der Waals surface area contributed by atoms with E-state index in [1.165, 1.54) is 18.4 Å². The normalized spacial score (nSPS) is 18.7. The van der Waals surface area contributed by atoms with E-state index in [-0.39, 0.29) is 5.92 Å². The van der Waals surface area contributed by atoms with Crippen LogP contribution in [0.15, 0.2) is 29.3 Å². The number of aryl methyl sites for hydroxylation is 2. The zero-order valence-corrected chi connectivity index (χ0v) is 19.2. The highest BCUT2D eigenvalue weighted by Gasteiger charge is 2.34. The zero-order valence-electron chi connectivity index (χ0n) is 18.4. The molecule has 164 valence electrons. The van der Waals surface area contributed by atoms with Gasteiger partial charge in [-0.25, -0.2) is 18.4 Å². The fourth-order valence-corrected chi connectivity index (χ4v) is 6.63. The fourth-order valence-electron chi connectivity index (χ4n) is 4.79. The minimum atomic E-state index is -3.54. The average molecular weight is 440 g/mol. The van der Waals surface area contributed by atoms with Crippen LogP contribution in [-0.4, -0.2) is 45.6 Å². The van der Waals surface area contributed by atoms with E-state index in [9.17, 15) is 8.42 Å². The van der Waals surface area contributed by atoms with Crippen LogP contribution in [0.3, 0.4) is 0 Å². The molecular weight excluding hydrogens is 410 g/mol. The summed E-state index contributed by atoms with van der Waals surface area (Å²) in [6, 6.07) is 6.42. The molecule has 0 unspecified atom stereocenters. The number of hydrogen-bond acceptors (Lipinski definition) is 5. The van der Waals surface area contributed by atoms with Crippen molar-refractivity contribution in [3.63, 3.8) is 0 Å². The lowest BCUT2D eigenvalue weighted by molar-refractivity contribution is 0.316. The third kappa shape index (κ3) is 3.65. The van der Waals surface area contributed by atoms with Crippen LogP contribution < -0.4 is 0 Å². The van der Waals surface area contributed by atoms with Crippen molar-refractivity contribution in [1.82, 2.24) is 24.1 Å². The van der Waals surface area contributed by atoms with Gasteiger partial charge in [0.15, 0.2) is 5.65 Å². The molecule has 1 aliphatic carbocycles. The SMILES string of the molecule is CCn1nc(C)c(S(=O)(=O)N2CCC(c3ccc4cc(C5CC5)cnc4n3)CC2)c1C. The molecule has 0 N–H and O–H groups in total. The number of piperidine rings is 1. The second kappa shape index (κ2) is 7.67. The minimum absolute atomic E-state index is 0.251. The molecule has 3 aromatic rings. The summed E-state index contributed by atoms with van der Waals surface area (Å²) in [5, 5.41) is 5.49. The molecule has 8 heteroatoms. The van der Waals surface area contributed by atoms with Gasteiger partial charge < -0.3 is 0 Å². The Morgan fingerprint density at radius 2 is 1.81 bits per heavy atom. The maximum absolute atomic E-state index is 13.3. The van der Waals surface area contributed by atoms with Gasteiger partial charge in [0.05, 0.1) is 11.4 Å². The van der Waals surface area contributed by atoms with Crippen molar-refractivity contribution in [3.8, 4) is 0 Å². The van der Waals surface area contributed by atoms with Crippen LogP contribution in [0.4, 0.5) is 0 Å². The van der Waals surface area contributed by atoms with E-state index < -0.39 is 10.0 Å². The fraction of sp³-hybridized carbons (Fsp3) is 0.522. The van der Waals surface area contributed by atoms with Crippen LogP contribution in [0, 0.1) is 13.8 Å². The number of hydrogen-bond donors (Lipinski definition) is 0. The first kappa shape index (κ1) is 20.6. The van der Waals surface area contributed by atoms with Crippen molar-refractivity contribution >= 4 is 21.1 Å². The Bertz CT molecular complexity index is 1240. The highest BCUT2D eigenvalue weighted by Crippen LogP contribution is 2.40. The van der Waals surface area contributed by atoms with Gasteiger partial charge in [0.1, 0.15) is 4.90 Å². The second-order valence-corrected chi connectivity index (χ2v) is 10.7. The van der Waals surface area contributed by atoms with Gasteiger partial charge in [-0.3, -0.25) is 4.68 Å². The number of pyridine rings is 2. The van der Waals surface area contributed by atoms with Gasteiger partial charge in [0.2, 0.25) is 10.0 Å². The Labute approximate surface area is 183 Å². The molecule has 0 radical (unpaired) electrons. The predicted molar refractivity (Wildman–Crippen MR) is 120 cm³/mol. The number of aromatic nitrogens is 4. The van der Waals surface area contributed by atoms with E-state index in [2.05, 4.69) is 28.3 Å². The van der Waals surface area contributed by atoms with Gasteiger partial charge in [0.25, 0.3) is 0 Å². The van der Waals surface area contributed by atoms with E-state index in [4.69, 9.17) is 4.98 Å². The quantitative estimate of drug-likeness (QED) is 0.602. The lowest BCUT2D eigenvalue weighted by Gasteiger charge is -2.31. The first-order valence-corrected chi connectivity index (χ1v) is 12.6. The molecule has 1 saturated carbocycles. The molecule has 2 fully saturated rings. The lowest BCUT2D eigenvalue weighted by atomic mass is 9.94. The molecule has 0 atom stereocenters. The first-order valence-electron chi connectivity index (χ1n) is 11.2. The van der Waals surface area contributed by atoms with E-state index in [1.807, 2.05) is 20.0 Å². The topological polar surface area (TPSA) is 81.0 Å². The van der Waals surface area contributed by atoms with Crippen molar-refractivity contribution in [3.05, 3.63) is 47.0 Å². The Hall–Kier alpha value is -2.32. The summed E-state index contributed by atoms with van der Waals surface area (Å²) in [5.41, 5.74) is 4.42. The van der Waals surface area contributed by atoms with E-state index in [0.717, 1.165) is 35.3 Å². The van der Waals surface area contributed by atoms with Crippen molar-refractivity contribution in [2.24, 2.45) is 0 Å². The second-order valence-electron chi connectivity index (χ2n) is 8.82. The molecule has 1 saturated heterocycles. The van der Waals surface area contributed by atoms with Gasteiger partial charge in [-0.15, -0.1) is 0 Å². The molecule has 5 rings (SSSR count). The van der Waals surface area contributed by atoms with Crippen LogP contribution in [-0.2, 0) is 16.6 Å². The van der Waals surface area contributed by atoms with Gasteiger partial charge in [-0.2, -0.15) is 9.40 Å². The highest BCUT2D eigenvalue weighted by atomic mass is 32.2. The molecule has 7 nitrogen and oxygen atoms in total. The lowest BCUT2D eigenvalue weighted by Crippen LogP contribution is -2.38. The summed E-state index contributed by atoms with van der Waals surface area (Å²) in [6.07, 6.45) is 6.01. The van der Waals surface area contributed by atoms with Crippen LogP contribution in [0.2, 0.25) is 0 Å². The molecule has 31 heavy (non-hydrogen) atoms. The summed E-state index contributed by atoms with van der Waals surface area (Å²) in [6.45, 7) is 7.24. The molecule has 1 aliphatic heterocycles. The molecule has 4 heterocycles. The smallest absolute Gasteiger partial charge is 0.246 e. The summed E-state index contributed by atoms with van der Waals surface area (Å²) >= 11 is 0. The van der Waals surface area contributed by atoms with Crippen LogP contribution in [0.5, 0.6) is 0 Å². The zero-order chi connectivity index (χ0) is 21.8. The Morgan fingerprint density at radius 1 is 1.06 bits per heavy atom. The first-order chi connectivity index (χ1) is 14.9. The summed E-state index contributed by atoms with van der Waals surface area (Å²) in [4.78, 5) is 9.78. The Morgan fingerprint density at radius 3 is 2.45 bits per heavy atom. The summed E-state index contributed by atoms with van der Waals surface area (Å²) in [7, 11) is -3.54. The number of sulfonamides is 1. The van der Waals surface area contributed by atoms with Crippen molar-refractivity contribution < 1.29 is 8.42 Å². The van der Waals surface area contributed by atoms with Crippen molar-refractivity contribution in [1.29, 1.82) is 0 Å². The Balaban J connectivity index is 1.33. The number of nitrogens with zero attached hydrogens (tertiary/aromatic N) is 5. The average Bonchev–Trinajstić information content (AvgIpc) is 3.57. The maximum atomic E-state index is 13.3. The van der Waals surface area contributed by atoms with E-state index >= 15 is 0 Å².